The monoisotopic (exact) mass is 527 g/mol. The molecule has 196 valence electrons. The first-order valence-corrected chi connectivity index (χ1v) is 11.4. The molecule has 8 nitrogen and oxygen atoms in total. The molecular formula is C26H21F4N5O3. The number of carbonyl (C=O) groups is 1. The van der Waals surface area contributed by atoms with Crippen molar-refractivity contribution in [2.45, 2.75) is 30.7 Å². The van der Waals surface area contributed by atoms with Gasteiger partial charge in [0, 0.05) is 23.1 Å². The van der Waals surface area contributed by atoms with E-state index in [2.05, 4.69) is 15.2 Å². The third-order valence-corrected chi connectivity index (χ3v) is 6.78. The van der Waals surface area contributed by atoms with Crippen LogP contribution in [-0.2, 0) is 17.6 Å². The molecule has 0 saturated heterocycles. The number of nitrogens with two attached hydrogens (primary N) is 1. The summed E-state index contributed by atoms with van der Waals surface area (Å²) in [6.07, 6.45) is -3.45. The van der Waals surface area contributed by atoms with Crippen molar-refractivity contribution >= 4 is 5.91 Å². The number of amides is 1. The average Bonchev–Trinajstić information content (AvgIpc) is 3.53. The third-order valence-electron chi connectivity index (χ3n) is 6.78. The number of pyridine rings is 1. The van der Waals surface area contributed by atoms with Crippen molar-refractivity contribution in [2.75, 3.05) is 6.61 Å². The van der Waals surface area contributed by atoms with Gasteiger partial charge in [-0.05, 0) is 48.9 Å². The number of nitrogens with zero attached hydrogens (tertiary/aromatic N) is 4. The Kier molecular flexibility index (Phi) is 5.94. The minimum atomic E-state index is -5.22. The fourth-order valence-corrected chi connectivity index (χ4v) is 4.58. The van der Waals surface area contributed by atoms with Crippen molar-refractivity contribution in [3.05, 3.63) is 95.5 Å². The molecule has 12 heteroatoms. The Balaban J connectivity index is 1.77. The van der Waals surface area contributed by atoms with Gasteiger partial charge in [-0.3, -0.25) is 4.79 Å². The number of primary amides is 1. The Morgan fingerprint density at radius 2 is 1.79 bits per heavy atom. The van der Waals surface area contributed by atoms with E-state index >= 15 is 0 Å². The van der Waals surface area contributed by atoms with E-state index in [1.807, 2.05) is 0 Å². The van der Waals surface area contributed by atoms with E-state index in [1.54, 1.807) is 11.5 Å². The van der Waals surface area contributed by atoms with E-state index < -0.39 is 41.2 Å². The molecule has 1 aliphatic rings. The second-order valence-electron chi connectivity index (χ2n) is 9.23. The quantitative estimate of drug-likeness (QED) is 0.369. The predicted octanol–water partition coefficient (Wildman–Crippen LogP) is 3.73. The lowest BCUT2D eigenvalue weighted by molar-refractivity contribution is -0.267. The maximum atomic E-state index is 14.7. The highest BCUT2D eigenvalue weighted by atomic mass is 19.4. The summed E-state index contributed by atoms with van der Waals surface area (Å²) in [6, 6.07) is 11.6. The molecule has 0 bridgehead atoms. The van der Waals surface area contributed by atoms with Crippen LogP contribution in [0.5, 0.6) is 5.75 Å². The van der Waals surface area contributed by atoms with Crippen LogP contribution in [0.4, 0.5) is 17.6 Å². The van der Waals surface area contributed by atoms with Gasteiger partial charge >= 0.3 is 6.18 Å². The first-order chi connectivity index (χ1) is 17.9. The van der Waals surface area contributed by atoms with Crippen LogP contribution in [0.1, 0.15) is 34.1 Å². The number of benzene rings is 2. The lowest BCUT2D eigenvalue weighted by atomic mass is 9.84. The number of hydrogen-bond acceptors (Lipinski definition) is 6. The Bertz CT molecular complexity index is 1510. The molecule has 0 spiro atoms. The van der Waals surface area contributed by atoms with Crippen LogP contribution in [0, 0.1) is 5.82 Å². The van der Waals surface area contributed by atoms with Gasteiger partial charge in [0.2, 0.25) is 11.5 Å². The molecule has 0 radical (unpaired) electrons. The zero-order chi connectivity index (χ0) is 27.3. The molecule has 2 aromatic carbocycles. The van der Waals surface area contributed by atoms with Gasteiger partial charge in [0.1, 0.15) is 36.3 Å². The smallest absolute Gasteiger partial charge is 0.423 e. The van der Waals surface area contributed by atoms with Gasteiger partial charge < -0.3 is 20.1 Å². The number of hydrogen-bond donors (Lipinski definition) is 2. The highest BCUT2D eigenvalue weighted by Crippen LogP contribution is 2.49. The zero-order valence-corrected chi connectivity index (χ0v) is 19.9. The van der Waals surface area contributed by atoms with Crippen molar-refractivity contribution in [3.63, 3.8) is 0 Å². The molecular weight excluding hydrogens is 506 g/mol. The molecule has 0 fully saturated rings. The molecule has 1 amide bonds. The average molecular weight is 527 g/mol. The Morgan fingerprint density at radius 3 is 2.42 bits per heavy atom. The van der Waals surface area contributed by atoms with Crippen LogP contribution in [0.15, 0.2) is 67.3 Å². The maximum Gasteiger partial charge on any atom is 0.423 e. The molecule has 3 N–H and O–H groups in total. The predicted molar refractivity (Wildman–Crippen MR) is 127 cm³/mol. The Hall–Kier alpha value is -4.32. The number of aliphatic hydroxyl groups is 1. The van der Waals surface area contributed by atoms with E-state index in [0.717, 1.165) is 18.2 Å². The molecule has 0 unspecified atom stereocenters. The van der Waals surface area contributed by atoms with Crippen LogP contribution in [0.2, 0.25) is 0 Å². The summed E-state index contributed by atoms with van der Waals surface area (Å²) in [5, 5.41) is 18.9. The van der Waals surface area contributed by atoms with Gasteiger partial charge in [-0.25, -0.2) is 9.37 Å². The normalized spacial score (nSPS) is 18.5. The van der Waals surface area contributed by atoms with E-state index in [9.17, 15) is 27.5 Å². The molecule has 2 atom stereocenters. The van der Waals surface area contributed by atoms with Crippen LogP contribution in [0.3, 0.4) is 0 Å². The molecule has 5 rings (SSSR count). The van der Waals surface area contributed by atoms with Crippen LogP contribution in [0.25, 0.3) is 11.3 Å². The van der Waals surface area contributed by atoms with Crippen LogP contribution in [-0.4, -0.2) is 43.5 Å². The number of aromatic nitrogens is 4. The second-order valence-corrected chi connectivity index (χ2v) is 9.23. The van der Waals surface area contributed by atoms with Gasteiger partial charge in [0.05, 0.1) is 5.69 Å². The third kappa shape index (κ3) is 4.06. The van der Waals surface area contributed by atoms with E-state index in [1.165, 1.54) is 49.1 Å². The number of carbonyl (C=O) groups excluding carboxylic acids is 1. The minimum absolute atomic E-state index is 0.00859. The van der Waals surface area contributed by atoms with E-state index in [-0.39, 0.29) is 40.3 Å². The number of ether oxygens (including phenoxy) is 1. The second kappa shape index (κ2) is 8.91. The number of alkyl halides is 3. The van der Waals surface area contributed by atoms with Gasteiger partial charge in [0.15, 0.2) is 5.75 Å². The van der Waals surface area contributed by atoms with Gasteiger partial charge in [-0.2, -0.15) is 13.2 Å². The first kappa shape index (κ1) is 25.3. The molecule has 38 heavy (non-hydrogen) atoms. The summed E-state index contributed by atoms with van der Waals surface area (Å²) >= 11 is 0. The molecule has 1 aliphatic heterocycles. The number of rotatable bonds is 6. The lowest BCUT2D eigenvalue weighted by Crippen LogP contribution is -2.45. The molecule has 3 heterocycles. The van der Waals surface area contributed by atoms with Crippen molar-refractivity contribution in [1.29, 1.82) is 0 Å². The van der Waals surface area contributed by atoms with Crippen molar-refractivity contribution in [1.82, 2.24) is 19.7 Å². The summed E-state index contributed by atoms with van der Waals surface area (Å²) in [5.74, 6) is -1.31. The highest BCUT2D eigenvalue weighted by molar-refractivity contribution is 5.94. The largest absolute Gasteiger partial charge is 0.488 e. The summed E-state index contributed by atoms with van der Waals surface area (Å²) in [4.78, 5) is 16.1. The fraction of sp³-hybridized carbons (Fsp3) is 0.231. The minimum Gasteiger partial charge on any atom is -0.488 e. The van der Waals surface area contributed by atoms with Gasteiger partial charge in [0.25, 0.3) is 0 Å². The maximum absolute atomic E-state index is 14.7. The van der Waals surface area contributed by atoms with Crippen LogP contribution < -0.4 is 10.5 Å². The van der Waals surface area contributed by atoms with E-state index in [4.69, 9.17) is 10.5 Å². The summed E-state index contributed by atoms with van der Waals surface area (Å²) in [6.45, 7) is 1.73. The van der Waals surface area contributed by atoms with Crippen molar-refractivity contribution < 1.29 is 32.2 Å². The summed E-state index contributed by atoms with van der Waals surface area (Å²) in [7, 11) is 0. The standard InChI is InChI=1S/C26H21F4N5O3/c1-24(35-13-32-33-14-35)12-38-22-19(24)10-20(34-21(22)15-6-8-17(27)9-7-15)25(37,26(28,29)30)11-16-4-2-3-5-18(16)23(31)36/h2-10,13-14,37H,11-12H2,1H3,(H2,31,36)/t24-,25-/m0/s1. The fourth-order valence-electron chi connectivity index (χ4n) is 4.58. The van der Waals surface area contributed by atoms with Crippen molar-refractivity contribution in [2.24, 2.45) is 5.73 Å². The summed E-state index contributed by atoms with van der Waals surface area (Å²) < 4.78 is 65.3. The van der Waals surface area contributed by atoms with Gasteiger partial charge in [-0.1, -0.05) is 18.2 Å². The van der Waals surface area contributed by atoms with Crippen LogP contribution >= 0.6 is 0 Å². The Morgan fingerprint density at radius 1 is 1.13 bits per heavy atom. The Labute approximate surface area is 213 Å². The molecule has 4 aromatic rings. The highest BCUT2D eigenvalue weighted by Gasteiger charge is 2.57. The lowest BCUT2D eigenvalue weighted by Gasteiger charge is -2.32. The zero-order valence-electron chi connectivity index (χ0n) is 19.9. The SMILES string of the molecule is C[C@]1(n2cnnc2)COc2c1cc([C@@](O)(Cc1ccccc1C(N)=O)C(F)(F)F)nc2-c1ccc(F)cc1. The molecule has 0 saturated carbocycles. The van der Waals surface area contributed by atoms with Crippen molar-refractivity contribution in [3.8, 4) is 17.0 Å². The molecule has 2 aromatic heterocycles. The first-order valence-electron chi connectivity index (χ1n) is 11.4. The van der Waals surface area contributed by atoms with Gasteiger partial charge in [-0.15, -0.1) is 10.2 Å². The number of halogens is 4. The molecule has 0 aliphatic carbocycles. The summed E-state index contributed by atoms with van der Waals surface area (Å²) in [5.41, 5.74) is 0.348. The topological polar surface area (TPSA) is 116 Å². The number of fused-ring (bicyclic) bond motifs is 1. The van der Waals surface area contributed by atoms with E-state index in [0.29, 0.717) is 0 Å².